The van der Waals surface area contributed by atoms with Crippen molar-refractivity contribution in [3.05, 3.63) is 64.0 Å². The molecule has 0 atom stereocenters. The van der Waals surface area contributed by atoms with Crippen LogP contribution in [0.5, 0.6) is 5.75 Å². The molecule has 0 bridgehead atoms. The Balaban J connectivity index is 0.00000400. The predicted molar refractivity (Wildman–Crippen MR) is 154 cm³/mol. The molecule has 208 valence electrons. The Labute approximate surface area is 226 Å². The molecule has 0 unspecified atom stereocenters. The average Bonchev–Trinajstić information content (AvgIpc) is 3.25. The van der Waals surface area contributed by atoms with Gasteiger partial charge in [0.05, 0.1) is 11.1 Å². The summed E-state index contributed by atoms with van der Waals surface area (Å²) in [5.74, 6) is 0.841. The highest BCUT2D eigenvalue weighted by Crippen LogP contribution is 2.46. The highest BCUT2D eigenvalue weighted by molar-refractivity contribution is 6.20. The summed E-state index contributed by atoms with van der Waals surface area (Å²) in [6.45, 7) is 20.1. The van der Waals surface area contributed by atoms with Gasteiger partial charge in [0.15, 0.2) is 5.78 Å². The summed E-state index contributed by atoms with van der Waals surface area (Å²) >= 11 is 0. The molecule has 0 radical (unpaired) electrons. The van der Waals surface area contributed by atoms with Crippen molar-refractivity contribution in [1.82, 2.24) is 14.4 Å². The molecule has 8 heteroatoms. The Morgan fingerprint density at radius 3 is 2.24 bits per heavy atom. The Morgan fingerprint density at radius 1 is 0.947 bits per heavy atom. The number of hydrogen-bond acceptors (Lipinski definition) is 5. The third kappa shape index (κ3) is 5.37. The average molecular weight is 525 g/mol. The third-order valence-electron chi connectivity index (χ3n) is 8.06. The lowest BCUT2D eigenvalue weighted by Crippen LogP contribution is -2.70. The van der Waals surface area contributed by atoms with Gasteiger partial charge in [0.25, 0.3) is 0 Å². The van der Waals surface area contributed by atoms with E-state index in [1.807, 2.05) is 30.3 Å². The van der Waals surface area contributed by atoms with Crippen molar-refractivity contribution >= 4 is 22.4 Å². The molecule has 0 spiro atoms. The van der Waals surface area contributed by atoms with Crippen LogP contribution in [0.1, 0.15) is 68.7 Å². The zero-order valence-electron chi connectivity index (χ0n) is 23.8. The molecule has 1 aliphatic rings. The topological polar surface area (TPSA) is 109 Å². The van der Waals surface area contributed by atoms with E-state index in [0.29, 0.717) is 12.3 Å². The molecule has 2 aromatic carbocycles. The first-order chi connectivity index (χ1) is 17.8. The number of nitrogens with two attached hydrogens (primary N) is 1. The number of quaternary nitrogens is 1. The summed E-state index contributed by atoms with van der Waals surface area (Å²) in [7, 11) is 0. The number of nitrogens with zero attached hydrogens (tertiary/aromatic N) is 3. The molecule has 1 aromatic heterocycles. The molecular weight excluding hydrogens is 480 g/mol. The van der Waals surface area contributed by atoms with E-state index in [4.69, 9.17) is 4.74 Å². The van der Waals surface area contributed by atoms with E-state index < -0.39 is 5.41 Å². The van der Waals surface area contributed by atoms with Gasteiger partial charge in [-0.2, -0.15) is 0 Å². The number of likely N-dealkylation sites (N-methyl/N-ethyl adjacent to an activating group) is 2. The maximum absolute atomic E-state index is 14.0. The van der Waals surface area contributed by atoms with E-state index in [0.717, 1.165) is 90.3 Å². The molecule has 8 nitrogen and oxygen atoms in total. The second-order valence-electron chi connectivity index (χ2n) is 10.3. The Hall–Kier alpha value is -2.75. The summed E-state index contributed by atoms with van der Waals surface area (Å²) < 4.78 is 8.43. The maximum Gasteiger partial charge on any atom is 0.195 e. The normalized spacial score (nSPS) is 14.1. The van der Waals surface area contributed by atoms with Gasteiger partial charge in [0, 0.05) is 53.8 Å². The molecule has 3 aromatic rings. The van der Waals surface area contributed by atoms with Gasteiger partial charge in [-0.1, -0.05) is 41.5 Å². The fourth-order valence-corrected chi connectivity index (χ4v) is 5.76. The van der Waals surface area contributed by atoms with E-state index in [1.54, 1.807) is 0 Å². The molecule has 1 aliphatic carbocycles. The van der Waals surface area contributed by atoms with Gasteiger partial charge in [-0.25, -0.2) is 0 Å². The van der Waals surface area contributed by atoms with Crippen LogP contribution in [0.4, 0.5) is 5.69 Å². The predicted octanol–water partition coefficient (Wildman–Crippen LogP) is 3.44. The quantitative estimate of drug-likeness (QED) is 0.288. The molecule has 1 heterocycles. The van der Waals surface area contributed by atoms with Crippen molar-refractivity contribution in [1.29, 1.82) is 0 Å². The summed E-state index contributed by atoms with van der Waals surface area (Å²) in [6, 6.07) is 11.6. The van der Waals surface area contributed by atoms with E-state index in [2.05, 4.69) is 62.0 Å². The van der Waals surface area contributed by atoms with Gasteiger partial charge < -0.3 is 35.3 Å². The van der Waals surface area contributed by atoms with Crippen LogP contribution >= 0.6 is 0 Å². The molecule has 0 amide bonds. The van der Waals surface area contributed by atoms with E-state index in [9.17, 15) is 10.0 Å². The summed E-state index contributed by atoms with van der Waals surface area (Å²) in [4.78, 5) is 18.7. The number of carbonyl (C=O) groups is 1. The number of carbonyl (C=O) groups excluding carboxylic acids is 1. The molecule has 38 heavy (non-hydrogen) atoms. The van der Waals surface area contributed by atoms with Crippen molar-refractivity contribution in [2.24, 2.45) is 0 Å². The lowest BCUT2D eigenvalue weighted by molar-refractivity contribution is -0.497. The first-order valence-corrected chi connectivity index (χ1v) is 13.7. The molecule has 0 aliphatic heterocycles. The largest absolute Gasteiger partial charge is 0.630 e. The minimum atomic E-state index is -0.416. The second-order valence-corrected chi connectivity index (χ2v) is 10.3. The van der Waals surface area contributed by atoms with Gasteiger partial charge in [-0.3, -0.25) is 4.79 Å². The zero-order valence-corrected chi connectivity index (χ0v) is 23.8. The van der Waals surface area contributed by atoms with Crippen LogP contribution in [0.3, 0.4) is 0 Å². The molecular formula is C30H44N4O4. The van der Waals surface area contributed by atoms with Crippen molar-refractivity contribution in [2.45, 2.75) is 53.5 Å². The number of ether oxygens (including phenoxy) is 1. The number of hydrogen-bond donors (Lipinski definition) is 1. The molecule has 4 N–H and O–H groups in total. The van der Waals surface area contributed by atoms with Crippen LogP contribution in [0.25, 0.3) is 10.9 Å². The van der Waals surface area contributed by atoms with Crippen LogP contribution in [-0.2, 0) is 12.0 Å². The fraction of sp³-hybridized carbons (Fsp3) is 0.500. The number of rotatable bonds is 12. The van der Waals surface area contributed by atoms with E-state index in [1.165, 1.54) is 0 Å². The number of fused-ring (bicyclic) bond motifs is 4. The molecule has 4 rings (SSSR count). The van der Waals surface area contributed by atoms with Gasteiger partial charge in [0.2, 0.25) is 0 Å². The van der Waals surface area contributed by atoms with Gasteiger partial charge in [-0.15, -0.1) is 0 Å². The van der Waals surface area contributed by atoms with Crippen LogP contribution in [0.15, 0.2) is 36.4 Å². The van der Waals surface area contributed by atoms with Gasteiger partial charge >= 0.3 is 0 Å². The van der Waals surface area contributed by atoms with Crippen molar-refractivity contribution in [3.8, 4) is 5.75 Å². The van der Waals surface area contributed by atoms with Crippen LogP contribution in [0, 0.1) is 5.21 Å². The SMILES string of the molecule is CCN(CC)CCOc1ccc2c(c1)C(C)(C)c1c(c3ccc([NH2+][O-])cc3n1CCN(CC)CC)C2=O.O. The highest BCUT2D eigenvalue weighted by Gasteiger charge is 2.41. The van der Waals surface area contributed by atoms with Crippen LogP contribution in [-0.4, -0.2) is 71.5 Å². The highest BCUT2D eigenvalue weighted by atomic mass is 16.5. The third-order valence-corrected chi connectivity index (χ3v) is 8.06. The fourth-order valence-electron chi connectivity index (χ4n) is 5.76. The van der Waals surface area contributed by atoms with Crippen LogP contribution in [0.2, 0.25) is 0 Å². The Morgan fingerprint density at radius 2 is 1.61 bits per heavy atom. The first-order valence-electron chi connectivity index (χ1n) is 13.7. The zero-order chi connectivity index (χ0) is 26.7. The smallest absolute Gasteiger partial charge is 0.195 e. The van der Waals surface area contributed by atoms with Gasteiger partial charge in [0.1, 0.15) is 18.0 Å². The Kier molecular flexibility index (Phi) is 9.73. The Bertz CT molecular complexity index is 1260. The van der Waals surface area contributed by atoms with Crippen LogP contribution < -0.4 is 10.2 Å². The molecule has 0 fully saturated rings. The minimum Gasteiger partial charge on any atom is -0.630 e. The second kappa shape index (κ2) is 12.4. The van der Waals surface area contributed by atoms with Crippen molar-refractivity contribution in [2.75, 3.05) is 45.9 Å². The lowest BCUT2D eigenvalue weighted by atomic mass is 9.71. The monoisotopic (exact) mass is 524 g/mol. The number of benzene rings is 2. The van der Waals surface area contributed by atoms with Crippen molar-refractivity contribution < 1.29 is 20.5 Å². The van der Waals surface area contributed by atoms with E-state index in [-0.39, 0.29) is 11.3 Å². The molecule has 0 saturated heterocycles. The minimum absolute atomic E-state index is 0. The number of aromatic nitrogens is 1. The number of ketones is 1. The van der Waals surface area contributed by atoms with E-state index >= 15 is 0 Å². The first kappa shape index (κ1) is 29.8. The molecule has 0 saturated carbocycles. The summed E-state index contributed by atoms with van der Waals surface area (Å²) in [5, 5.41) is 12.6. The van der Waals surface area contributed by atoms with Gasteiger partial charge in [-0.05, 0) is 56.0 Å². The summed E-state index contributed by atoms with van der Waals surface area (Å²) in [6.07, 6.45) is 0. The van der Waals surface area contributed by atoms with Crippen molar-refractivity contribution in [3.63, 3.8) is 0 Å². The standard InChI is InChI=1S/C30H42N4O3.H2O/c1-7-32(8-2)15-16-34-26-19-21(31-36)11-13-24(26)27-28(35)23-14-12-22(37-18-17-33(9-3)10-4)20-25(23)30(5,6)29(27)34;/h11-14,19-20H,7-10,15-18,31H2,1-6H3;1H2. The lowest BCUT2D eigenvalue weighted by Gasteiger charge is -2.35. The maximum atomic E-state index is 14.0. The summed E-state index contributed by atoms with van der Waals surface area (Å²) in [5.41, 5.74) is 5.55.